The Morgan fingerprint density at radius 2 is 2.38 bits per heavy atom. The van der Waals surface area contributed by atoms with Crippen molar-refractivity contribution in [3.05, 3.63) is 34.6 Å². The minimum atomic E-state index is -0.182. The molecule has 0 bridgehead atoms. The highest BCUT2D eigenvalue weighted by molar-refractivity contribution is 6.30. The molecule has 1 fully saturated rings. The van der Waals surface area contributed by atoms with Crippen molar-refractivity contribution < 1.29 is 9.47 Å². The highest BCUT2D eigenvalue weighted by Crippen LogP contribution is 2.34. The van der Waals surface area contributed by atoms with E-state index in [0.29, 0.717) is 28.8 Å². The first kappa shape index (κ1) is 13.9. The first-order valence-corrected chi connectivity index (χ1v) is 6.93. The first-order valence-electron chi connectivity index (χ1n) is 6.56. The van der Waals surface area contributed by atoms with E-state index in [4.69, 9.17) is 21.1 Å². The van der Waals surface area contributed by atoms with E-state index in [2.05, 4.69) is 16.4 Å². The molecule has 2 aromatic rings. The number of methoxy groups -OCH3 is 1. The van der Waals surface area contributed by atoms with Crippen LogP contribution < -0.4 is 4.74 Å². The zero-order valence-electron chi connectivity index (χ0n) is 11.4. The number of hydrogen-bond donors (Lipinski definition) is 0. The Morgan fingerprint density at radius 3 is 3.05 bits per heavy atom. The molecule has 0 radical (unpaired) electrons. The minimum Gasteiger partial charge on any atom is -0.494 e. The molecule has 0 N–H and O–H groups in total. The second kappa shape index (κ2) is 5.72. The van der Waals surface area contributed by atoms with Gasteiger partial charge in [-0.25, -0.2) is 4.68 Å². The number of benzene rings is 1. The van der Waals surface area contributed by atoms with Crippen LogP contribution in [-0.4, -0.2) is 28.7 Å². The van der Waals surface area contributed by atoms with E-state index in [1.165, 1.54) is 0 Å². The van der Waals surface area contributed by atoms with Crippen molar-refractivity contribution in [2.45, 2.75) is 18.9 Å². The Balaban J connectivity index is 2.17. The van der Waals surface area contributed by atoms with Gasteiger partial charge in [-0.15, -0.1) is 5.10 Å². The molecule has 3 rings (SSSR count). The predicted octanol–water partition coefficient (Wildman–Crippen LogP) is 2.65. The average Bonchev–Trinajstić information content (AvgIpc) is 3.15. The van der Waals surface area contributed by atoms with Crippen LogP contribution in [0.3, 0.4) is 0 Å². The maximum absolute atomic E-state index is 9.24. The number of aromatic nitrogens is 3. The fraction of sp³-hybridized carbons (Fsp3) is 0.357. The number of rotatable bonds is 3. The van der Waals surface area contributed by atoms with Crippen molar-refractivity contribution in [1.82, 2.24) is 15.0 Å². The summed E-state index contributed by atoms with van der Waals surface area (Å²) in [5.74, 6) is 0.605. The third kappa shape index (κ3) is 2.46. The van der Waals surface area contributed by atoms with Crippen LogP contribution in [0.2, 0.25) is 5.02 Å². The van der Waals surface area contributed by atoms with Gasteiger partial charge in [-0.05, 0) is 31.0 Å². The van der Waals surface area contributed by atoms with E-state index >= 15 is 0 Å². The van der Waals surface area contributed by atoms with E-state index in [9.17, 15) is 5.26 Å². The maximum atomic E-state index is 9.24. The maximum Gasteiger partial charge on any atom is 0.189 e. The summed E-state index contributed by atoms with van der Waals surface area (Å²) >= 11 is 6.06. The lowest BCUT2D eigenvalue weighted by atomic mass is 10.1. The van der Waals surface area contributed by atoms with Gasteiger partial charge in [0.15, 0.2) is 5.69 Å². The van der Waals surface area contributed by atoms with E-state index < -0.39 is 0 Å². The smallest absolute Gasteiger partial charge is 0.189 e. The van der Waals surface area contributed by atoms with Crippen LogP contribution in [0.15, 0.2) is 18.2 Å². The fourth-order valence-electron chi connectivity index (χ4n) is 2.46. The molecule has 6 nitrogen and oxygen atoms in total. The van der Waals surface area contributed by atoms with Crippen molar-refractivity contribution in [3.8, 4) is 17.5 Å². The molecule has 0 amide bonds. The Kier molecular flexibility index (Phi) is 3.78. The molecule has 1 atom stereocenters. The summed E-state index contributed by atoms with van der Waals surface area (Å²) in [5.41, 5.74) is 1.56. The first-order chi connectivity index (χ1) is 10.2. The summed E-state index contributed by atoms with van der Waals surface area (Å²) in [5, 5.41) is 17.8. The van der Waals surface area contributed by atoms with E-state index in [0.717, 1.165) is 12.8 Å². The summed E-state index contributed by atoms with van der Waals surface area (Å²) < 4.78 is 12.6. The SMILES string of the molecule is COc1ccc(Cl)cc1-n1nnc(C#N)c1C1CCCO1. The highest BCUT2D eigenvalue weighted by Gasteiger charge is 2.28. The van der Waals surface area contributed by atoms with Crippen LogP contribution in [0, 0.1) is 11.3 Å². The van der Waals surface area contributed by atoms with Gasteiger partial charge < -0.3 is 9.47 Å². The predicted molar refractivity (Wildman–Crippen MR) is 75.6 cm³/mol. The summed E-state index contributed by atoms with van der Waals surface area (Å²) in [7, 11) is 1.57. The molecular formula is C14H13ClN4O2. The van der Waals surface area contributed by atoms with Crippen LogP contribution in [0.5, 0.6) is 5.75 Å². The van der Waals surface area contributed by atoms with Crippen molar-refractivity contribution >= 4 is 11.6 Å². The third-order valence-electron chi connectivity index (χ3n) is 3.41. The topological polar surface area (TPSA) is 73.0 Å². The van der Waals surface area contributed by atoms with Crippen molar-refractivity contribution in [2.24, 2.45) is 0 Å². The van der Waals surface area contributed by atoms with Gasteiger partial charge >= 0.3 is 0 Å². The van der Waals surface area contributed by atoms with Gasteiger partial charge in [0.05, 0.1) is 7.11 Å². The molecule has 21 heavy (non-hydrogen) atoms. The number of nitrogens with zero attached hydrogens (tertiary/aromatic N) is 4. The normalized spacial score (nSPS) is 17.7. The number of halogens is 1. The molecular weight excluding hydrogens is 292 g/mol. The van der Waals surface area contributed by atoms with Crippen molar-refractivity contribution in [1.29, 1.82) is 5.26 Å². The number of hydrogen-bond acceptors (Lipinski definition) is 5. The Morgan fingerprint density at radius 1 is 1.52 bits per heavy atom. The zero-order valence-corrected chi connectivity index (χ0v) is 12.2. The molecule has 1 saturated heterocycles. The van der Waals surface area contributed by atoms with Crippen LogP contribution in [0.1, 0.15) is 30.3 Å². The van der Waals surface area contributed by atoms with Crippen LogP contribution in [0.4, 0.5) is 0 Å². The van der Waals surface area contributed by atoms with E-state index in [1.54, 1.807) is 30.0 Å². The van der Waals surface area contributed by atoms with Crippen LogP contribution in [-0.2, 0) is 4.74 Å². The van der Waals surface area contributed by atoms with Gasteiger partial charge in [0.25, 0.3) is 0 Å². The lowest BCUT2D eigenvalue weighted by molar-refractivity contribution is 0.106. The van der Waals surface area contributed by atoms with Gasteiger partial charge in [-0.1, -0.05) is 16.8 Å². The Labute approximate surface area is 126 Å². The molecule has 1 aliphatic rings. The molecule has 1 aromatic heterocycles. The lowest BCUT2D eigenvalue weighted by Gasteiger charge is -2.14. The number of nitriles is 1. The van der Waals surface area contributed by atoms with Gasteiger partial charge in [0.2, 0.25) is 0 Å². The largest absolute Gasteiger partial charge is 0.494 e. The van der Waals surface area contributed by atoms with E-state index in [1.807, 2.05) is 0 Å². The molecule has 0 saturated carbocycles. The summed E-state index contributed by atoms with van der Waals surface area (Å²) in [6.45, 7) is 0.674. The molecule has 108 valence electrons. The zero-order chi connectivity index (χ0) is 14.8. The van der Waals surface area contributed by atoms with Crippen LogP contribution >= 0.6 is 11.6 Å². The van der Waals surface area contributed by atoms with Crippen molar-refractivity contribution in [2.75, 3.05) is 13.7 Å². The molecule has 2 heterocycles. The summed E-state index contributed by atoms with van der Waals surface area (Å²) in [6, 6.07) is 7.29. The molecule has 0 spiro atoms. The lowest BCUT2D eigenvalue weighted by Crippen LogP contribution is -2.09. The molecule has 0 aliphatic carbocycles. The second-order valence-electron chi connectivity index (χ2n) is 4.66. The van der Waals surface area contributed by atoms with Crippen LogP contribution in [0.25, 0.3) is 5.69 Å². The molecule has 1 unspecified atom stereocenters. The Hall–Kier alpha value is -2.10. The summed E-state index contributed by atoms with van der Waals surface area (Å²) in [4.78, 5) is 0. The molecule has 7 heteroatoms. The fourth-order valence-corrected chi connectivity index (χ4v) is 2.62. The minimum absolute atomic E-state index is 0.182. The third-order valence-corrected chi connectivity index (χ3v) is 3.65. The summed E-state index contributed by atoms with van der Waals surface area (Å²) in [6.07, 6.45) is 1.61. The van der Waals surface area contributed by atoms with Crippen molar-refractivity contribution in [3.63, 3.8) is 0 Å². The van der Waals surface area contributed by atoms with E-state index in [-0.39, 0.29) is 11.8 Å². The monoisotopic (exact) mass is 304 g/mol. The standard InChI is InChI=1S/C14H13ClN4O2/c1-20-12-5-4-9(15)7-11(12)19-14(10(8-16)17-18-19)13-3-2-6-21-13/h4-5,7,13H,2-3,6H2,1H3. The van der Waals surface area contributed by atoms with Gasteiger partial charge in [-0.2, -0.15) is 5.26 Å². The number of ether oxygens (including phenoxy) is 2. The molecule has 1 aliphatic heterocycles. The Bertz CT molecular complexity index is 701. The molecule has 1 aromatic carbocycles. The quantitative estimate of drug-likeness (QED) is 0.871. The van der Waals surface area contributed by atoms with Gasteiger partial charge in [-0.3, -0.25) is 0 Å². The highest BCUT2D eigenvalue weighted by atomic mass is 35.5. The second-order valence-corrected chi connectivity index (χ2v) is 5.10. The van der Waals surface area contributed by atoms with Gasteiger partial charge in [0, 0.05) is 11.6 Å². The van der Waals surface area contributed by atoms with Gasteiger partial charge in [0.1, 0.15) is 29.3 Å². The average molecular weight is 305 g/mol.